The first kappa shape index (κ1) is 17.1. The van der Waals surface area contributed by atoms with E-state index in [1.54, 1.807) is 0 Å². The van der Waals surface area contributed by atoms with Crippen LogP contribution >= 0.6 is 23.4 Å². The summed E-state index contributed by atoms with van der Waals surface area (Å²) >= 11 is 6.85. The van der Waals surface area contributed by atoms with E-state index >= 15 is 0 Å². The second kappa shape index (κ2) is 6.50. The average molecular weight is 352 g/mol. The molecule has 1 unspecified atom stereocenters. The molecule has 1 saturated heterocycles. The van der Waals surface area contributed by atoms with Crippen molar-refractivity contribution < 1.29 is 22.8 Å². The van der Waals surface area contributed by atoms with Crippen LogP contribution in [0.2, 0.25) is 5.02 Å². The molecule has 0 spiro atoms. The molecule has 1 aliphatic rings. The van der Waals surface area contributed by atoms with Crippen LogP contribution in [0.15, 0.2) is 18.2 Å². The molecule has 120 valence electrons. The topological polar surface area (TPSA) is 37.4 Å². The third kappa shape index (κ3) is 4.16. The predicted molar refractivity (Wildman–Crippen MR) is 80.1 cm³/mol. The van der Waals surface area contributed by atoms with Crippen molar-refractivity contribution in [1.82, 2.24) is 0 Å². The number of amides is 1. The Hall–Kier alpha value is -1.21. The Balaban J connectivity index is 2.19. The number of hydrogen-bond acceptors (Lipinski definition) is 3. The van der Waals surface area contributed by atoms with Crippen molar-refractivity contribution in [1.29, 1.82) is 0 Å². The molecule has 1 fully saturated rings. The van der Waals surface area contributed by atoms with Crippen molar-refractivity contribution in [2.75, 3.05) is 17.2 Å². The first-order valence-corrected chi connectivity index (χ1v) is 7.84. The molecule has 1 aromatic rings. The number of carbonyl (C=O) groups is 2. The first-order valence-electron chi connectivity index (χ1n) is 6.48. The van der Waals surface area contributed by atoms with E-state index in [4.69, 9.17) is 11.6 Å². The van der Waals surface area contributed by atoms with Crippen molar-refractivity contribution in [2.24, 2.45) is 5.92 Å². The molecule has 2 rings (SSSR count). The van der Waals surface area contributed by atoms with E-state index in [0.29, 0.717) is 5.75 Å². The lowest BCUT2D eigenvalue weighted by Gasteiger charge is -2.19. The number of halogens is 4. The SMILES string of the molecule is CC(=O)SCC1CC(=O)N(c2cc(Cl)cc(C(F)(F)F)c2)C1. The van der Waals surface area contributed by atoms with E-state index in [2.05, 4.69) is 0 Å². The molecule has 0 radical (unpaired) electrons. The molecule has 0 aliphatic carbocycles. The van der Waals surface area contributed by atoms with Gasteiger partial charge in [0.2, 0.25) is 5.91 Å². The van der Waals surface area contributed by atoms with Crippen LogP contribution in [0.5, 0.6) is 0 Å². The lowest BCUT2D eigenvalue weighted by molar-refractivity contribution is -0.137. The van der Waals surface area contributed by atoms with E-state index in [-0.39, 0.29) is 40.6 Å². The fourth-order valence-electron chi connectivity index (χ4n) is 2.27. The number of benzene rings is 1. The second-order valence-corrected chi connectivity index (χ2v) is 6.71. The number of rotatable bonds is 3. The zero-order chi connectivity index (χ0) is 16.5. The smallest absolute Gasteiger partial charge is 0.312 e. The van der Waals surface area contributed by atoms with Gasteiger partial charge < -0.3 is 4.90 Å². The van der Waals surface area contributed by atoms with Gasteiger partial charge in [0.15, 0.2) is 5.12 Å². The molecular weight excluding hydrogens is 339 g/mol. The highest BCUT2D eigenvalue weighted by atomic mass is 35.5. The Bertz CT molecular complexity index is 606. The number of carbonyl (C=O) groups excluding carboxylic acids is 2. The van der Waals surface area contributed by atoms with Gasteiger partial charge in [-0.15, -0.1) is 0 Å². The average Bonchev–Trinajstić information content (AvgIpc) is 2.76. The fraction of sp³-hybridized carbons (Fsp3) is 0.429. The zero-order valence-corrected chi connectivity index (χ0v) is 13.2. The van der Waals surface area contributed by atoms with Crippen LogP contribution in [0.3, 0.4) is 0 Å². The number of nitrogens with zero attached hydrogens (tertiary/aromatic N) is 1. The Kier molecular flexibility index (Phi) is 5.07. The fourth-order valence-corrected chi connectivity index (χ4v) is 3.19. The Labute approximate surface area is 134 Å². The molecule has 1 aliphatic heterocycles. The minimum Gasteiger partial charge on any atom is -0.312 e. The Morgan fingerprint density at radius 3 is 2.68 bits per heavy atom. The van der Waals surface area contributed by atoms with E-state index in [9.17, 15) is 22.8 Å². The molecule has 8 heteroatoms. The minimum absolute atomic E-state index is 0.0481. The number of thioether (sulfide) groups is 1. The molecule has 0 aromatic heterocycles. The van der Waals surface area contributed by atoms with Crippen molar-refractivity contribution in [2.45, 2.75) is 19.5 Å². The van der Waals surface area contributed by atoms with E-state index in [0.717, 1.165) is 23.9 Å². The van der Waals surface area contributed by atoms with Crippen LogP contribution in [0.4, 0.5) is 18.9 Å². The molecular formula is C14H13ClF3NO2S. The highest BCUT2D eigenvalue weighted by molar-refractivity contribution is 8.13. The molecule has 1 aromatic carbocycles. The third-order valence-corrected chi connectivity index (χ3v) is 4.51. The summed E-state index contributed by atoms with van der Waals surface area (Å²) in [5.41, 5.74) is -0.746. The maximum absolute atomic E-state index is 12.8. The highest BCUT2D eigenvalue weighted by Crippen LogP contribution is 2.36. The van der Waals surface area contributed by atoms with Gasteiger partial charge >= 0.3 is 6.18 Å². The summed E-state index contributed by atoms with van der Waals surface area (Å²) in [6, 6.07) is 3.09. The van der Waals surface area contributed by atoms with Crippen molar-refractivity contribution >= 4 is 40.1 Å². The Morgan fingerprint density at radius 2 is 2.09 bits per heavy atom. The van der Waals surface area contributed by atoms with Crippen LogP contribution in [0.25, 0.3) is 0 Å². The van der Waals surface area contributed by atoms with Gasteiger partial charge in [-0.3, -0.25) is 9.59 Å². The summed E-state index contributed by atoms with van der Waals surface area (Å²) in [6.07, 6.45) is -4.31. The Morgan fingerprint density at radius 1 is 1.41 bits per heavy atom. The quantitative estimate of drug-likeness (QED) is 0.826. The lowest BCUT2D eigenvalue weighted by Crippen LogP contribution is -2.25. The van der Waals surface area contributed by atoms with Gasteiger partial charge in [-0.1, -0.05) is 23.4 Å². The van der Waals surface area contributed by atoms with Gasteiger partial charge in [-0.25, -0.2) is 0 Å². The standard InChI is InChI=1S/C14H13ClF3NO2S/c1-8(20)22-7-9-2-13(21)19(6-9)12-4-10(14(16,17)18)3-11(15)5-12/h3-5,9H,2,6-7H2,1H3. The monoisotopic (exact) mass is 351 g/mol. The number of anilines is 1. The van der Waals surface area contributed by atoms with Crippen molar-refractivity contribution in [3.63, 3.8) is 0 Å². The van der Waals surface area contributed by atoms with Gasteiger partial charge in [0, 0.05) is 36.4 Å². The second-order valence-electron chi connectivity index (χ2n) is 5.07. The molecule has 1 heterocycles. The summed E-state index contributed by atoms with van der Waals surface area (Å²) in [7, 11) is 0. The van der Waals surface area contributed by atoms with Crippen molar-refractivity contribution in [3.8, 4) is 0 Å². The third-order valence-electron chi connectivity index (χ3n) is 3.25. The maximum Gasteiger partial charge on any atom is 0.416 e. The summed E-state index contributed by atoms with van der Waals surface area (Å²) in [5.74, 6) is 0.156. The van der Waals surface area contributed by atoms with Crippen LogP contribution in [0, 0.1) is 5.92 Å². The lowest BCUT2D eigenvalue weighted by atomic mass is 10.1. The normalized spacial score (nSPS) is 18.9. The molecule has 0 saturated carbocycles. The summed E-state index contributed by atoms with van der Waals surface area (Å²) in [5, 5.41) is -0.118. The van der Waals surface area contributed by atoms with Gasteiger partial charge in [0.1, 0.15) is 0 Å². The largest absolute Gasteiger partial charge is 0.416 e. The summed E-state index contributed by atoms with van der Waals surface area (Å²) < 4.78 is 38.4. The van der Waals surface area contributed by atoms with Gasteiger partial charge in [-0.05, 0) is 24.1 Å². The minimum atomic E-state index is -4.52. The zero-order valence-electron chi connectivity index (χ0n) is 11.6. The van der Waals surface area contributed by atoms with Gasteiger partial charge in [0.25, 0.3) is 0 Å². The molecule has 22 heavy (non-hydrogen) atoms. The van der Waals surface area contributed by atoms with Crippen LogP contribution in [-0.4, -0.2) is 23.3 Å². The molecule has 1 amide bonds. The van der Waals surface area contributed by atoms with E-state index < -0.39 is 11.7 Å². The summed E-state index contributed by atoms with van der Waals surface area (Å²) in [4.78, 5) is 24.3. The van der Waals surface area contributed by atoms with Crippen LogP contribution in [-0.2, 0) is 15.8 Å². The van der Waals surface area contributed by atoms with Crippen LogP contribution in [0.1, 0.15) is 18.9 Å². The molecule has 0 bridgehead atoms. The predicted octanol–water partition coefficient (Wildman–Crippen LogP) is 3.99. The number of hydrogen-bond donors (Lipinski definition) is 0. The summed E-state index contributed by atoms with van der Waals surface area (Å²) in [6.45, 7) is 1.72. The van der Waals surface area contributed by atoms with E-state index in [1.807, 2.05) is 0 Å². The van der Waals surface area contributed by atoms with Gasteiger partial charge in [0.05, 0.1) is 5.56 Å². The highest BCUT2D eigenvalue weighted by Gasteiger charge is 2.34. The molecule has 3 nitrogen and oxygen atoms in total. The van der Waals surface area contributed by atoms with Gasteiger partial charge in [-0.2, -0.15) is 13.2 Å². The first-order chi connectivity index (χ1) is 10.2. The van der Waals surface area contributed by atoms with Crippen LogP contribution < -0.4 is 4.90 Å². The van der Waals surface area contributed by atoms with Crippen molar-refractivity contribution in [3.05, 3.63) is 28.8 Å². The number of alkyl halides is 3. The molecule has 1 atom stereocenters. The molecule has 0 N–H and O–H groups in total. The van der Waals surface area contributed by atoms with E-state index in [1.165, 1.54) is 17.9 Å². The maximum atomic E-state index is 12.8.